The van der Waals surface area contributed by atoms with Crippen molar-refractivity contribution in [2.24, 2.45) is 0 Å². The minimum Gasteiger partial charge on any atom is -0.466 e. The van der Waals surface area contributed by atoms with Gasteiger partial charge in [0.05, 0.1) is 23.2 Å². The maximum absolute atomic E-state index is 15.5. The van der Waals surface area contributed by atoms with Gasteiger partial charge in [0.15, 0.2) is 11.6 Å². The van der Waals surface area contributed by atoms with E-state index in [1.54, 1.807) is 37.4 Å². The molecule has 0 aliphatic carbocycles. The second kappa shape index (κ2) is 14.9. The Morgan fingerprint density at radius 2 is 1.85 bits per heavy atom. The van der Waals surface area contributed by atoms with Crippen LogP contribution in [0.4, 0.5) is 13.2 Å². The summed E-state index contributed by atoms with van der Waals surface area (Å²) < 4.78 is 62.6. The van der Waals surface area contributed by atoms with Crippen molar-refractivity contribution in [1.29, 1.82) is 0 Å². The summed E-state index contributed by atoms with van der Waals surface area (Å²) in [5.74, 6) is -2.66. The van der Waals surface area contributed by atoms with Crippen LogP contribution in [0.5, 0.6) is 11.5 Å². The second-order valence-corrected chi connectivity index (χ2v) is 12.1. The van der Waals surface area contributed by atoms with Gasteiger partial charge in [0.1, 0.15) is 23.2 Å². The minimum atomic E-state index is -0.921. The van der Waals surface area contributed by atoms with Crippen LogP contribution >= 0.6 is 15.9 Å². The number of benzene rings is 3. The zero-order chi connectivity index (χ0) is 34.4. The molecule has 5 rings (SSSR count). The summed E-state index contributed by atoms with van der Waals surface area (Å²) in [6.07, 6.45) is 7.36. The Morgan fingerprint density at radius 3 is 2.62 bits per heavy atom. The highest BCUT2D eigenvalue weighted by molar-refractivity contribution is 9.10. The molecule has 0 aliphatic heterocycles. The largest absolute Gasteiger partial charge is 0.466 e. The van der Waals surface area contributed by atoms with E-state index in [1.807, 2.05) is 6.92 Å². The number of aromatic nitrogens is 3. The fourth-order valence-electron chi connectivity index (χ4n) is 5.54. The Balaban J connectivity index is 1.49. The first kappa shape index (κ1) is 34.5. The molecule has 2 heterocycles. The smallest absolute Gasteiger partial charge is 0.330 e. The number of nitrogens with zero attached hydrogens (tertiary/aromatic N) is 1. The Kier molecular flexibility index (Phi) is 10.7. The van der Waals surface area contributed by atoms with Crippen LogP contribution in [-0.4, -0.2) is 40.1 Å². The molecule has 2 N–H and O–H groups in total. The molecule has 1 atom stereocenters. The summed E-state index contributed by atoms with van der Waals surface area (Å²) in [6.45, 7) is 5.29. The van der Waals surface area contributed by atoms with Crippen molar-refractivity contribution in [2.45, 2.75) is 45.4 Å². The van der Waals surface area contributed by atoms with Crippen LogP contribution < -0.4 is 4.74 Å². The first-order valence-electron chi connectivity index (χ1n) is 15.3. The fourth-order valence-corrected chi connectivity index (χ4v) is 5.90. The van der Waals surface area contributed by atoms with Crippen LogP contribution in [-0.2, 0) is 24.5 Å². The monoisotopic (exact) mass is 723 g/mol. The van der Waals surface area contributed by atoms with Gasteiger partial charge in [-0.2, -0.15) is 0 Å². The van der Waals surface area contributed by atoms with Crippen molar-refractivity contribution >= 4 is 44.8 Å². The van der Waals surface area contributed by atoms with E-state index in [-0.39, 0.29) is 47.6 Å². The van der Waals surface area contributed by atoms with E-state index in [1.165, 1.54) is 49.5 Å². The van der Waals surface area contributed by atoms with E-state index in [0.717, 1.165) is 0 Å². The zero-order valence-electron chi connectivity index (χ0n) is 26.5. The van der Waals surface area contributed by atoms with Gasteiger partial charge in [-0.1, -0.05) is 12.1 Å². The van der Waals surface area contributed by atoms with Gasteiger partial charge >= 0.3 is 11.9 Å². The van der Waals surface area contributed by atoms with Crippen molar-refractivity contribution in [3.05, 3.63) is 106 Å². The molecule has 0 bridgehead atoms. The molecular weight excluding hydrogens is 691 g/mol. The van der Waals surface area contributed by atoms with E-state index < -0.39 is 28.8 Å². The van der Waals surface area contributed by atoms with Crippen molar-refractivity contribution in [3.8, 4) is 22.9 Å². The number of fused-ring (bicyclic) bond motifs is 1. The second-order valence-electron chi connectivity index (χ2n) is 11.2. The summed E-state index contributed by atoms with van der Waals surface area (Å²) in [6, 6.07) is 11.9. The molecule has 48 heavy (non-hydrogen) atoms. The number of aromatic amines is 2. The molecule has 12 heteroatoms. The molecule has 1 unspecified atom stereocenters. The Morgan fingerprint density at radius 1 is 1.04 bits per heavy atom. The highest BCUT2D eigenvalue weighted by Gasteiger charge is 2.34. The lowest BCUT2D eigenvalue weighted by atomic mass is 9.75. The molecular formula is C36H33BrF3N3O5. The molecule has 2 aromatic heterocycles. The normalized spacial score (nSPS) is 12.7. The predicted molar refractivity (Wildman–Crippen MR) is 179 cm³/mol. The number of imidazole rings is 1. The van der Waals surface area contributed by atoms with Gasteiger partial charge in [-0.25, -0.2) is 22.9 Å². The van der Waals surface area contributed by atoms with Gasteiger partial charge in [0, 0.05) is 64.6 Å². The van der Waals surface area contributed by atoms with E-state index >= 15 is 13.2 Å². The quantitative estimate of drug-likeness (QED) is 0.0713. The van der Waals surface area contributed by atoms with Gasteiger partial charge in [0.2, 0.25) is 0 Å². The first-order valence-corrected chi connectivity index (χ1v) is 16.1. The first-order chi connectivity index (χ1) is 23.0. The molecule has 0 spiro atoms. The Labute approximate surface area is 283 Å². The maximum Gasteiger partial charge on any atom is 0.330 e. The lowest BCUT2D eigenvalue weighted by Crippen LogP contribution is -2.26. The van der Waals surface area contributed by atoms with Gasteiger partial charge < -0.3 is 24.2 Å². The number of ether oxygens (including phenoxy) is 3. The summed E-state index contributed by atoms with van der Waals surface area (Å²) in [7, 11) is 0. The van der Waals surface area contributed by atoms with Crippen LogP contribution in [0.15, 0.2) is 71.5 Å². The molecule has 3 aromatic carbocycles. The number of carbonyl (C=O) groups is 2. The maximum atomic E-state index is 15.5. The van der Waals surface area contributed by atoms with E-state index in [0.29, 0.717) is 45.9 Å². The lowest BCUT2D eigenvalue weighted by Gasteiger charge is -2.30. The van der Waals surface area contributed by atoms with Crippen LogP contribution in [0.2, 0.25) is 0 Å². The Bertz CT molecular complexity index is 1990. The molecule has 8 nitrogen and oxygen atoms in total. The molecule has 250 valence electrons. The number of esters is 2. The number of rotatable bonds is 13. The summed E-state index contributed by atoms with van der Waals surface area (Å²) >= 11 is 3.27. The van der Waals surface area contributed by atoms with Crippen molar-refractivity contribution in [2.75, 3.05) is 13.2 Å². The molecule has 0 fully saturated rings. The summed E-state index contributed by atoms with van der Waals surface area (Å²) in [5, 5.41) is 0.594. The predicted octanol–water partition coefficient (Wildman–Crippen LogP) is 9.15. The summed E-state index contributed by atoms with van der Waals surface area (Å²) in [4.78, 5) is 33.8. The zero-order valence-corrected chi connectivity index (χ0v) is 28.1. The third kappa shape index (κ3) is 7.49. The number of carbonyl (C=O) groups excluding carboxylic acids is 2. The lowest BCUT2D eigenvalue weighted by molar-refractivity contribution is -0.141. The van der Waals surface area contributed by atoms with E-state index in [2.05, 4.69) is 30.9 Å². The van der Waals surface area contributed by atoms with E-state index in [4.69, 9.17) is 14.2 Å². The number of halogens is 4. The molecule has 0 saturated carbocycles. The number of H-pyrrole nitrogens is 2. The van der Waals surface area contributed by atoms with Crippen LogP contribution in [0.1, 0.15) is 56.9 Å². The average Bonchev–Trinajstić information content (AvgIpc) is 3.73. The van der Waals surface area contributed by atoms with Crippen molar-refractivity contribution in [1.82, 2.24) is 15.0 Å². The minimum absolute atomic E-state index is 0.0393. The Hall–Kier alpha value is -4.84. The average molecular weight is 725 g/mol. The van der Waals surface area contributed by atoms with Crippen LogP contribution in [0.25, 0.3) is 28.4 Å². The number of hydrogen-bond acceptors (Lipinski definition) is 6. The van der Waals surface area contributed by atoms with E-state index in [9.17, 15) is 9.59 Å². The third-order valence-corrected chi connectivity index (χ3v) is 8.59. The number of unbranched alkanes of at least 4 members (excludes halogenated alkanes) is 1. The molecule has 5 aromatic rings. The highest BCUT2D eigenvalue weighted by Crippen LogP contribution is 2.41. The van der Waals surface area contributed by atoms with Gasteiger partial charge in [0.25, 0.3) is 0 Å². The molecule has 0 saturated heterocycles. The van der Waals surface area contributed by atoms with Gasteiger partial charge in [-0.3, -0.25) is 4.79 Å². The van der Waals surface area contributed by atoms with Crippen LogP contribution in [0.3, 0.4) is 0 Å². The number of nitrogens with one attached hydrogen (secondary N) is 2. The molecule has 0 aliphatic rings. The van der Waals surface area contributed by atoms with Crippen molar-refractivity contribution in [3.63, 3.8) is 0 Å². The SMILES string of the molecule is CCOC(=O)/C=C/c1c(Oc2ccc(F)c(-c3ncc(C(C)(CCCCOC(C)=O)c4cccc(Br)c4F)[nH]3)c2)c(F)cc2[nH]ccc12. The van der Waals surface area contributed by atoms with Gasteiger partial charge in [-0.05, 0) is 85.4 Å². The molecule has 0 amide bonds. The van der Waals surface area contributed by atoms with Crippen molar-refractivity contribution < 1.29 is 37.0 Å². The van der Waals surface area contributed by atoms with Crippen LogP contribution in [0, 0.1) is 17.5 Å². The summed E-state index contributed by atoms with van der Waals surface area (Å²) in [5.41, 5.74) is 0.819. The number of hydrogen-bond donors (Lipinski definition) is 2. The topological polar surface area (TPSA) is 106 Å². The standard InChI is InChI=1S/C36H33BrF3N3O5/c1-4-46-32(45)13-11-24-23-14-16-41-30(23)19-29(39)34(24)48-22-10-12-28(38)25(18-22)35-42-20-31(43-35)36(3,15-5-6-17-47-21(2)44)26-8-7-9-27(37)33(26)40/h7-14,16,18-20,41H,4-6,15,17H2,1-3H3,(H,42,43)/b13-11+. The fraction of sp³-hybridized carbons (Fsp3) is 0.250. The third-order valence-electron chi connectivity index (χ3n) is 7.98. The van der Waals surface area contributed by atoms with Gasteiger partial charge in [-0.15, -0.1) is 0 Å². The highest BCUT2D eigenvalue weighted by atomic mass is 79.9. The molecule has 0 radical (unpaired) electrons.